The van der Waals surface area contributed by atoms with Crippen LogP contribution in [-0.2, 0) is 6.54 Å². The number of rotatable bonds is 2. The Hall–Kier alpha value is 0.340. The van der Waals surface area contributed by atoms with Crippen molar-refractivity contribution in [3.05, 3.63) is 26.5 Å². The number of hydrogen-bond donors (Lipinski definition) is 1. The molecule has 1 aromatic heterocycles. The van der Waals surface area contributed by atoms with Gasteiger partial charge < -0.3 is 9.55 Å². The maximum absolute atomic E-state index is 5.45. The highest BCUT2D eigenvalue weighted by Crippen LogP contribution is 2.27. The molecule has 1 atom stereocenters. The zero-order valence-electron chi connectivity index (χ0n) is 9.69. The van der Waals surface area contributed by atoms with Gasteiger partial charge in [0.05, 0.1) is 11.0 Å². The molecule has 1 fully saturated rings. The number of halogens is 1. The van der Waals surface area contributed by atoms with E-state index in [1.54, 1.807) is 0 Å². The fraction of sp³-hybridized carbons (Fsp3) is 0.417. The van der Waals surface area contributed by atoms with Gasteiger partial charge in [0.2, 0.25) is 0 Å². The standard InChI is InChI=1S/C12H13IN2S3/c13-8-1-2-11-10(5-8)14-12(16)15(11)6-9-7-17-3-4-18-9/h1-2,5,9H,3-4,6-7H2,(H,14,16). The molecule has 0 saturated carbocycles. The van der Waals surface area contributed by atoms with Gasteiger partial charge in [-0.25, -0.2) is 0 Å². The third kappa shape index (κ3) is 2.76. The molecule has 2 nitrogen and oxygen atoms in total. The Kier molecular flexibility index (Phi) is 4.27. The SMILES string of the molecule is S=c1[nH]c2cc(I)ccc2n1CC1CSCCS1. The summed E-state index contributed by atoms with van der Waals surface area (Å²) in [5.74, 6) is 3.80. The molecule has 0 spiro atoms. The number of nitrogens with one attached hydrogen (secondary N) is 1. The first-order chi connectivity index (χ1) is 8.74. The predicted octanol–water partition coefficient (Wildman–Crippen LogP) is 4.15. The van der Waals surface area contributed by atoms with Crippen LogP contribution < -0.4 is 0 Å². The predicted molar refractivity (Wildman–Crippen MR) is 93.4 cm³/mol. The average Bonchev–Trinajstić information content (AvgIpc) is 2.66. The Bertz CT molecular complexity index is 613. The Labute approximate surface area is 133 Å². The first-order valence-electron chi connectivity index (χ1n) is 5.81. The minimum absolute atomic E-state index is 0.689. The van der Waals surface area contributed by atoms with Crippen molar-refractivity contribution >= 4 is 69.4 Å². The highest BCUT2D eigenvalue weighted by Gasteiger charge is 2.16. The number of hydrogen-bond acceptors (Lipinski definition) is 3. The van der Waals surface area contributed by atoms with E-state index in [4.69, 9.17) is 12.2 Å². The van der Waals surface area contributed by atoms with Crippen molar-refractivity contribution in [3.8, 4) is 0 Å². The first kappa shape index (κ1) is 13.3. The summed E-state index contributed by atoms with van der Waals surface area (Å²) in [5, 5.41) is 0.689. The molecular formula is C12H13IN2S3. The van der Waals surface area contributed by atoms with E-state index in [9.17, 15) is 0 Å². The Balaban J connectivity index is 1.95. The molecule has 18 heavy (non-hydrogen) atoms. The van der Waals surface area contributed by atoms with Crippen LogP contribution >= 0.6 is 58.3 Å². The quantitative estimate of drug-likeness (QED) is 0.596. The van der Waals surface area contributed by atoms with Crippen LogP contribution in [0.1, 0.15) is 0 Å². The fourth-order valence-electron chi connectivity index (χ4n) is 2.16. The second-order valence-electron chi connectivity index (χ2n) is 4.27. The molecule has 1 aliphatic rings. The maximum atomic E-state index is 5.45. The van der Waals surface area contributed by atoms with Crippen molar-refractivity contribution in [2.45, 2.75) is 11.8 Å². The average molecular weight is 408 g/mol. The summed E-state index contributed by atoms with van der Waals surface area (Å²) in [6.45, 7) is 1.02. The summed E-state index contributed by atoms with van der Waals surface area (Å²) in [6.07, 6.45) is 0. The Morgan fingerprint density at radius 1 is 1.44 bits per heavy atom. The molecule has 6 heteroatoms. The number of thioether (sulfide) groups is 2. The van der Waals surface area contributed by atoms with Crippen LogP contribution in [0.3, 0.4) is 0 Å². The van der Waals surface area contributed by atoms with E-state index in [-0.39, 0.29) is 0 Å². The number of H-pyrrole nitrogens is 1. The van der Waals surface area contributed by atoms with Gasteiger partial charge in [0.25, 0.3) is 0 Å². The van der Waals surface area contributed by atoms with Crippen molar-refractivity contribution in [1.29, 1.82) is 0 Å². The maximum Gasteiger partial charge on any atom is 0.178 e. The van der Waals surface area contributed by atoms with E-state index in [0.29, 0.717) is 5.25 Å². The zero-order chi connectivity index (χ0) is 12.5. The third-order valence-corrected chi connectivity index (χ3v) is 6.83. The van der Waals surface area contributed by atoms with Crippen LogP contribution in [0.5, 0.6) is 0 Å². The summed E-state index contributed by atoms with van der Waals surface area (Å²) >= 11 is 11.9. The molecule has 1 N–H and O–H groups in total. The molecule has 1 saturated heterocycles. The van der Waals surface area contributed by atoms with Crippen LogP contribution in [0.2, 0.25) is 0 Å². The van der Waals surface area contributed by atoms with Crippen LogP contribution in [0, 0.1) is 8.34 Å². The van der Waals surface area contributed by atoms with E-state index in [1.165, 1.54) is 26.3 Å². The highest BCUT2D eigenvalue weighted by molar-refractivity contribution is 14.1. The second-order valence-corrected chi connectivity index (χ2v) is 8.46. The normalized spacial score (nSPS) is 20.4. The number of fused-ring (bicyclic) bond motifs is 1. The van der Waals surface area contributed by atoms with Crippen LogP contribution in [0.4, 0.5) is 0 Å². The molecule has 0 aliphatic carbocycles. The smallest absolute Gasteiger partial charge is 0.178 e. The van der Waals surface area contributed by atoms with Crippen molar-refractivity contribution < 1.29 is 0 Å². The van der Waals surface area contributed by atoms with E-state index in [2.05, 4.69) is 73.9 Å². The number of nitrogens with zero attached hydrogens (tertiary/aromatic N) is 1. The molecule has 1 aromatic carbocycles. The van der Waals surface area contributed by atoms with Crippen LogP contribution in [0.15, 0.2) is 18.2 Å². The molecule has 96 valence electrons. The highest BCUT2D eigenvalue weighted by atomic mass is 127. The molecular weight excluding hydrogens is 395 g/mol. The van der Waals surface area contributed by atoms with Gasteiger partial charge in [-0.3, -0.25) is 0 Å². The van der Waals surface area contributed by atoms with Gasteiger partial charge in [0.15, 0.2) is 4.77 Å². The summed E-state index contributed by atoms with van der Waals surface area (Å²) in [5.41, 5.74) is 2.39. The summed E-state index contributed by atoms with van der Waals surface area (Å²) in [6, 6.07) is 6.47. The lowest BCUT2D eigenvalue weighted by molar-refractivity contribution is 0.705. The van der Waals surface area contributed by atoms with Gasteiger partial charge in [-0.2, -0.15) is 23.5 Å². The van der Waals surface area contributed by atoms with Gasteiger partial charge in [-0.1, -0.05) is 0 Å². The van der Waals surface area contributed by atoms with Crippen molar-refractivity contribution in [3.63, 3.8) is 0 Å². The lowest BCUT2D eigenvalue weighted by atomic mass is 10.3. The number of imidazole rings is 1. The van der Waals surface area contributed by atoms with Crippen molar-refractivity contribution in [1.82, 2.24) is 9.55 Å². The topological polar surface area (TPSA) is 20.7 Å². The number of aromatic amines is 1. The first-order valence-corrected chi connectivity index (χ1v) is 9.50. The Morgan fingerprint density at radius 2 is 2.33 bits per heavy atom. The van der Waals surface area contributed by atoms with Gasteiger partial charge in [-0.05, 0) is 53.0 Å². The number of benzene rings is 1. The van der Waals surface area contributed by atoms with E-state index in [0.717, 1.165) is 16.8 Å². The second kappa shape index (κ2) is 5.76. The van der Waals surface area contributed by atoms with E-state index < -0.39 is 0 Å². The number of aromatic nitrogens is 2. The van der Waals surface area contributed by atoms with Crippen LogP contribution in [-0.4, -0.2) is 32.1 Å². The summed E-state index contributed by atoms with van der Waals surface area (Å²) < 4.78 is 4.35. The minimum Gasteiger partial charge on any atom is -0.331 e. The minimum atomic E-state index is 0.689. The molecule has 0 bridgehead atoms. The van der Waals surface area contributed by atoms with E-state index >= 15 is 0 Å². The molecule has 2 heterocycles. The lowest BCUT2D eigenvalue weighted by Gasteiger charge is -2.21. The molecule has 1 aliphatic heterocycles. The van der Waals surface area contributed by atoms with E-state index in [1.807, 2.05) is 0 Å². The summed E-state index contributed by atoms with van der Waals surface area (Å²) in [4.78, 5) is 3.31. The summed E-state index contributed by atoms with van der Waals surface area (Å²) in [7, 11) is 0. The van der Waals surface area contributed by atoms with Gasteiger partial charge in [0, 0.05) is 32.6 Å². The van der Waals surface area contributed by atoms with Crippen molar-refractivity contribution in [2.24, 2.45) is 0 Å². The zero-order valence-corrected chi connectivity index (χ0v) is 14.3. The molecule has 3 rings (SSSR count). The molecule has 0 amide bonds. The Morgan fingerprint density at radius 3 is 3.11 bits per heavy atom. The lowest BCUT2D eigenvalue weighted by Crippen LogP contribution is -2.20. The monoisotopic (exact) mass is 408 g/mol. The van der Waals surface area contributed by atoms with Gasteiger partial charge in [0.1, 0.15) is 0 Å². The molecule has 2 aromatic rings. The third-order valence-electron chi connectivity index (χ3n) is 3.01. The molecule has 1 unspecified atom stereocenters. The van der Waals surface area contributed by atoms with Crippen LogP contribution in [0.25, 0.3) is 11.0 Å². The fourth-order valence-corrected chi connectivity index (χ4v) is 5.59. The van der Waals surface area contributed by atoms with Gasteiger partial charge in [-0.15, -0.1) is 0 Å². The largest absolute Gasteiger partial charge is 0.331 e. The van der Waals surface area contributed by atoms with Crippen molar-refractivity contribution in [2.75, 3.05) is 17.3 Å². The molecule has 0 radical (unpaired) electrons. The van der Waals surface area contributed by atoms with Gasteiger partial charge >= 0.3 is 0 Å².